The van der Waals surface area contributed by atoms with Crippen LogP contribution in [0.1, 0.15) is 22.7 Å². The number of amides is 2. The van der Waals surface area contributed by atoms with E-state index in [1.54, 1.807) is 36.5 Å². The van der Waals surface area contributed by atoms with Crippen molar-refractivity contribution >= 4 is 34.9 Å². The van der Waals surface area contributed by atoms with Crippen molar-refractivity contribution in [2.45, 2.75) is 25.4 Å². The fourth-order valence-corrected chi connectivity index (χ4v) is 5.65. The molecule has 0 saturated carbocycles. The summed E-state index contributed by atoms with van der Waals surface area (Å²) in [6, 6.07) is 13.2. The average Bonchev–Trinajstić information content (AvgIpc) is 3.00. The van der Waals surface area contributed by atoms with Crippen molar-refractivity contribution in [3.05, 3.63) is 103 Å². The van der Waals surface area contributed by atoms with Gasteiger partial charge in [-0.1, -0.05) is 35.9 Å². The Morgan fingerprint density at radius 2 is 1.76 bits per heavy atom. The summed E-state index contributed by atoms with van der Waals surface area (Å²) >= 11 is 6.57. The molecule has 13 heteroatoms. The fraction of sp³-hybridized carbons (Fsp3) is 0.281. The molecule has 0 radical (unpaired) electrons. The minimum atomic E-state index is -0.779. The molecule has 12 nitrogen and oxygen atoms in total. The molecule has 234 valence electrons. The van der Waals surface area contributed by atoms with Gasteiger partial charge in [-0.3, -0.25) is 23.5 Å². The quantitative estimate of drug-likeness (QED) is 0.271. The van der Waals surface area contributed by atoms with Crippen LogP contribution < -0.4 is 26.6 Å². The van der Waals surface area contributed by atoms with Crippen molar-refractivity contribution in [2.24, 2.45) is 0 Å². The number of nitrogens with zero attached hydrogens (tertiary/aromatic N) is 3. The first kappa shape index (κ1) is 31.6. The van der Waals surface area contributed by atoms with E-state index in [0.717, 1.165) is 25.8 Å². The zero-order valence-corrected chi connectivity index (χ0v) is 25.7. The van der Waals surface area contributed by atoms with Gasteiger partial charge < -0.3 is 24.8 Å². The number of hydrogen-bond donors (Lipinski definition) is 2. The Bertz CT molecular complexity index is 1860. The van der Waals surface area contributed by atoms with Gasteiger partial charge in [0.1, 0.15) is 18.1 Å². The molecule has 4 aromatic rings. The highest BCUT2D eigenvalue weighted by molar-refractivity contribution is 6.34. The van der Waals surface area contributed by atoms with E-state index in [-0.39, 0.29) is 36.1 Å². The minimum absolute atomic E-state index is 0.00766. The molecule has 0 saturated heterocycles. The molecular formula is C32H32ClN5O7. The number of nitrogens with one attached hydrogen (secondary N) is 2. The maximum Gasteiger partial charge on any atom is 0.331 e. The Morgan fingerprint density at radius 1 is 0.978 bits per heavy atom. The van der Waals surface area contributed by atoms with Crippen LogP contribution in [0.2, 0.25) is 5.02 Å². The molecule has 45 heavy (non-hydrogen) atoms. The van der Waals surface area contributed by atoms with Crippen molar-refractivity contribution in [2.75, 3.05) is 45.2 Å². The summed E-state index contributed by atoms with van der Waals surface area (Å²) in [4.78, 5) is 57.7. The van der Waals surface area contributed by atoms with Crippen molar-refractivity contribution in [3.63, 3.8) is 0 Å². The first-order chi connectivity index (χ1) is 21.7. The number of anilines is 2. The molecule has 2 amide bonds. The first-order valence-electron chi connectivity index (χ1n) is 14.1. The fourth-order valence-electron chi connectivity index (χ4n) is 5.34. The Kier molecular flexibility index (Phi) is 9.77. The van der Waals surface area contributed by atoms with E-state index in [2.05, 4.69) is 15.6 Å². The standard InChI is InChI=1S/C32H32ClN5O7/c1-43-17-23(18-44-2)38-31(41)25(24-7-4-8-26(45-3)29(24)33)15-37(32(38)42)16-28(40)35-22-10-9-19-12-20-6-5-11-34-30(20)36-27(39)14-21(19)13-22/h4-11,13,15,23H,12,14,16-18H2,1-3H3,(H,35,40)(H,34,36,39). The maximum absolute atomic E-state index is 13.8. The van der Waals surface area contributed by atoms with Gasteiger partial charge in [-0.2, -0.15) is 0 Å². The highest BCUT2D eigenvalue weighted by Crippen LogP contribution is 2.33. The third kappa shape index (κ3) is 6.83. The number of fused-ring (bicyclic) bond motifs is 2. The molecule has 1 aliphatic rings. The Labute approximate surface area is 263 Å². The second kappa shape index (κ2) is 13.9. The normalized spacial score (nSPS) is 12.5. The lowest BCUT2D eigenvalue weighted by Crippen LogP contribution is -2.46. The summed E-state index contributed by atoms with van der Waals surface area (Å²) in [6.07, 6.45) is 3.60. The Morgan fingerprint density at radius 3 is 2.49 bits per heavy atom. The summed E-state index contributed by atoms with van der Waals surface area (Å²) in [6.45, 7) is -0.404. The summed E-state index contributed by atoms with van der Waals surface area (Å²) in [5.41, 5.74) is 2.09. The molecule has 2 aromatic carbocycles. The number of carbonyl (C=O) groups is 2. The molecule has 2 aromatic heterocycles. The predicted octanol–water partition coefficient (Wildman–Crippen LogP) is 3.29. The number of methoxy groups -OCH3 is 3. The number of halogens is 1. The SMILES string of the molecule is COCC(COC)n1c(=O)c(-c2cccc(OC)c2Cl)cn(CC(=O)Nc2ccc3c(c2)CC(=O)Nc2ncccc2C3)c1=O. The average molecular weight is 634 g/mol. The largest absolute Gasteiger partial charge is 0.495 e. The number of pyridine rings is 1. The summed E-state index contributed by atoms with van der Waals surface area (Å²) in [7, 11) is 4.35. The van der Waals surface area contributed by atoms with Gasteiger partial charge in [-0.25, -0.2) is 9.78 Å². The molecule has 2 N–H and O–H groups in total. The van der Waals surface area contributed by atoms with E-state index >= 15 is 0 Å². The van der Waals surface area contributed by atoms with Gasteiger partial charge in [0, 0.05) is 44.3 Å². The number of hydrogen-bond acceptors (Lipinski definition) is 8. The second-order valence-electron chi connectivity index (χ2n) is 10.5. The summed E-state index contributed by atoms with van der Waals surface area (Å²) < 4.78 is 18.0. The maximum atomic E-state index is 13.8. The Hall–Kier alpha value is -4.78. The van der Waals surface area contributed by atoms with Crippen molar-refractivity contribution in [1.82, 2.24) is 14.1 Å². The molecule has 0 spiro atoms. The monoisotopic (exact) mass is 633 g/mol. The molecule has 1 aliphatic heterocycles. The molecule has 0 fully saturated rings. The zero-order valence-electron chi connectivity index (χ0n) is 25.0. The molecule has 3 heterocycles. The van der Waals surface area contributed by atoms with E-state index < -0.39 is 29.7 Å². The summed E-state index contributed by atoms with van der Waals surface area (Å²) in [5.74, 6) is 0.127. The first-order valence-corrected chi connectivity index (χ1v) is 14.4. The predicted molar refractivity (Wildman–Crippen MR) is 169 cm³/mol. The number of ether oxygens (including phenoxy) is 3. The highest BCUT2D eigenvalue weighted by atomic mass is 35.5. The lowest BCUT2D eigenvalue weighted by atomic mass is 9.95. The van der Waals surface area contributed by atoms with Gasteiger partial charge in [-0.05, 0) is 41.0 Å². The van der Waals surface area contributed by atoms with Gasteiger partial charge in [0.2, 0.25) is 11.8 Å². The van der Waals surface area contributed by atoms with Crippen LogP contribution in [0.4, 0.5) is 11.5 Å². The molecule has 5 rings (SSSR count). The van der Waals surface area contributed by atoms with Gasteiger partial charge in [0.15, 0.2) is 0 Å². The van der Waals surface area contributed by atoms with Gasteiger partial charge in [-0.15, -0.1) is 0 Å². The van der Waals surface area contributed by atoms with Crippen LogP contribution in [0.25, 0.3) is 11.1 Å². The van der Waals surface area contributed by atoms with Crippen LogP contribution in [0.5, 0.6) is 5.75 Å². The van der Waals surface area contributed by atoms with E-state index in [4.69, 9.17) is 25.8 Å². The number of benzene rings is 2. The van der Waals surface area contributed by atoms with Crippen LogP contribution >= 0.6 is 11.6 Å². The third-order valence-electron chi connectivity index (χ3n) is 7.43. The Balaban J connectivity index is 1.49. The third-order valence-corrected chi connectivity index (χ3v) is 7.82. The van der Waals surface area contributed by atoms with E-state index in [9.17, 15) is 19.2 Å². The molecule has 0 aliphatic carbocycles. The van der Waals surface area contributed by atoms with Crippen LogP contribution in [0.3, 0.4) is 0 Å². The van der Waals surface area contributed by atoms with E-state index in [1.165, 1.54) is 27.5 Å². The number of rotatable bonds is 10. The van der Waals surface area contributed by atoms with Crippen LogP contribution in [-0.4, -0.2) is 60.5 Å². The molecule has 0 unspecified atom stereocenters. The van der Waals surface area contributed by atoms with E-state index in [0.29, 0.717) is 29.2 Å². The topological polar surface area (TPSA) is 143 Å². The van der Waals surface area contributed by atoms with E-state index in [1.807, 2.05) is 18.2 Å². The lowest BCUT2D eigenvalue weighted by Gasteiger charge is -2.21. The lowest BCUT2D eigenvalue weighted by molar-refractivity contribution is -0.117. The van der Waals surface area contributed by atoms with Gasteiger partial charge >= 0.3 is 5.69 Å². The van der Waals surface area contributed by atoms with Crippen molar-refractivity contribution < 1.29 is 23.8 Å². The smallest absolute Gasteiger partial charge is 0.331 e. The number of aromatic nitrogens is 3. The summed E-state index contributed by atoms with van der Waals surface area (Å²) in [5, 5.41) is 5.82. The van der Waals surface area contributed by atoms with Gasteiger partial charge in [0.05, 0.1) is 43.4 Å². The molecular weight excluding hydrogens is 602 g/mol. The van der Waals surface area contributed by atoms with Crippen molar-refractivity contribution in [3.8, 4) is 16.9 Å². The van der Waals surface area contributed by atoms with Crippen molar-refractivity contribution in [1.29, 1.82) is 0 Å². The van der Waals surface area contributed by atoms with Crippen LogP contribution in [0.15, 0.2) is 70.5 Å². The van der Waals surface area contributed by atoms with Crippen LogP contribution in [0, 0.1) is 0 Å². The zero-order chi connectivity index (χ0) is 32.1. The molecule has 0 atom stereocenters. The number of carbonyl (C=O) groups excluding carboxylic acids is 2. The second-order valence-corrected chi connectivity index (χ2v) is 10.8. The minimum Gasteiger partial charge on any atom is -0.495 e. The van der Waals surface area contributed by atoms with Gasteiger partial charge in [0.25, 0.3) is 5.56 Å². The molecule has 0 bridgehead atoms. The van der Waals surface area contributed by atoms with Crippen LogP contribution in [-0.2, 0) is 38.4 Å². The highest BCUT2D eigenvalue weighted by Gasteiger charge is 2.24.